The van der Waals surface area contributed by atoms with E-state index in [0.29, 0.717) is 0 Å². The van der Waals surface area contributed by atoms with Gasteiger partial charge in [-0.3, -0.25) is 0 Å². The second-order valence-corrected chi connectivity index (χ2v) is 3.00. The van der Waals surface area contributed by atoms with Gasteiger partial charge < -0.3 is 14.6 Å². The van der Waals surface area contributed by atoms with Gasteiger partial charge in [0.2, 0.25) is 0 Å². The van der Waals surface area contributed by atoms with E-state index in [-0.39, 0.29) is 0 Å². The summed E-state index contributed by atoms with van der Waals surface area (Å²) >= 11 is 0. The van der Waals surface area contributed by atoms with Gasteiger partial charge in [0.05, 0.1) is 14.2 Å². The molecular formula is C10H10F2O4. The molecule has 0 fully saturated rings. The lowest BCUT2D eigenvalue weighted by Gasteiger charge is -2.14. The molecule has 0 atom stereocenters. The fourth-order valence-corrected chi connectivity index (χ4v) is 1.34. The Bertz CT molecular complexity index is 443. The van der Waals surface area contributed by atoms with Crippen LogP contribution in [0.15, 0.2) is 0 Å². The average Bonchev–Trinajstić information content (AvgIpc) is 2.24. The van der Waals surface area contributed by atoms with E-state index in [1.807, 2.05) is 0 Å². The first kappa shape index (κ1) is 12.2. The summed E-state index contributed by atoms with van der Waals surface area (Å²) in [6.45, 7) is 1.12. The quantitative estimate of drug-likeness (QED) is 0.865. The predicted octanol–water partition coefficient (Wildman–Crippen LogP) is 1.99. The van der Waals surface area contributed by atoms with Gasteiger partial charge in [0.1, 0.15) is 11.4 Å². The number of aromatic carboxylic acids is 1. The summed E-state index contributed by atoms with van der Waals surface area (Å²) in [4.78, 5) is 10.8. The molecule has 0 amide bonds. The number of methoxy groups -OCH3 is 2. The molecule has 0 saturated heterocycles. The smallest absolute Gasteiger partial charge is 0.342 e. The van der Waals surface area contributed by atoms with E-state index in [2.05, 4.69) is 9.47 Å². The van der Waals surface area contributed by atoms with Gasteiger partial charge in [-0.15, -0.1) is 0 Å². The summed E-state index contributed by atoms with van der Waals surface area (Å²) < 4.78 is 36.4. The van der Waals surface area contributed by atoms with E-state index < -0.39 is 40.2 Å². The number of carboxylic acids is 1. The molecule has 1 rings (SSSR count). The maximum Gasteiger partial charge on any atom is 0.342 e. The van der Waals surface area contributed by atoms with Crippen LogP contribution in [0.2, 0.25) is 0 Å². The average molecular weight is 232 g/mol. The van der Waals surface area contributed by atoms with Crippen molar-refractivity contribution in [2.45, 2.75) is 6.92 Å². The van der Waals surface area contributed by atoms with Crippen LogP contribution in [0.1, 0.15) is 15.9 Å². The molecule has 16 heavy (non-hydrogen) atoms. The highest BCUT2D eigenvalue weighted by atomic mass is 19.1. The number of hydrogen-bond donors (Lipinski definition) is 1. The molecule has 6 heteroatoms. The third-order valence-electron chi connectivity index (χ3n) is 2.13. The zero-order valence-corrected chi connectivity index (χ0v) is 8.93. The minimum atomic E-state index is -1.55. The van der Waals surface area contributed by atoms with Crippen molar-refractivity contribution in [2.24, 2.45) is 0 Å². The molecular weight excluding hydrogens is 222 g/mol. The zero-order chi connectivity index (χ0) is 12.5. The highest BCUT2D eigenvalue weighted by Crippen LogP contribution is 2.37. The number of halogens is 2. The number of rotatable bonds is 3. The molecule has 0 unspecified atom stereocenters. The van der Waals surface area contributed by atoms with Gasteiger partial charge >= 0.3 is 5.97 Å². The van der Waals surface area contributed by atoms with Crippen molar-refractivity contribution in [1.29, 1.82) is 0 Å². The largest absolute Gasteiger partial charge is 0.492 e. The molecule has 0 aromatic heterocycles. The second kappa shape index (κ2) is 4.34. The van der Waals surface area contributed by atoms with E-state index in [0.717, 1.165) is 21.1 Å². The number of hydrogen-bond acceptors (Lipinski definition) is 3. The minimum absolute atomic E-state index is 0.418. The molecule has 4 nitrogen and oxygen atoms in total. The van der Waals surface area contributed by atoms with Crippen LogP contribution in [0.5, 0.6) is 11.5 Å². The van der Waals surface area contributed by atoms with Crippen LogP contribution in [0.3, 0.4) is 0 Å². The Morgan fingerprint density at radius 2 is 1.62 bits per heavy atom. The summed E-state index contributed by atoms with van der Waals surface area (Å²) in [7, 11) is 2.25. The lowest BCUT2D eigenvalue weighted by atomic mass is 10.1. The summed E-state index contributed by atoms with van der Waals surface area (Å²) in [6.07, 6.45) is 0. The van der Waals surface area contributed by atoms with Gasteiger partial charge in [-0.05, 0) is 6.92 Å². The van der Waals surface area contributed by atoms with Gasteiger partial charge in [-0.1, -0.05) is 0 Å². The third kappa shape index (κ3) is 1.66. The SMILES string of the molecule is COc1c(F)c(C)c(F)c(C(=O)O)c1OC. The Morgan fingerprint density at radius 1 is 1.12 bits per heavy atom. The van der Waals surface area contributed by atoms with Crippen LogP contribution in [0, 0.1) is 18.6 Å². The highest BCUT2D eigenvalue weighted by Gasteiger charge is 2.28. The van der Waals surface area contributed by atoms with Crippen LogP contribution in [0.4, 0.5) is 8.78 Å². The summed E-state index contributed by atoms with van der Waals surface area (Å²) in [5.74, 6) is -4.56. The van der Waals surface area contributed by atoms with Gasteiger partial charge in [0, 0.05) is 5.56 Å². The Kier molecular flexibility index (Phi) is 3.31. The van der Waals surface area contributed by atoms with E-state index in [4.69, 9.17) is 5.11 Å². The first-order valence-corrected chi connectivity index (χ1v) is 4.28. The molecule has 0 aliphatic heterocycles. The molecule has 0 spiro atoms. The van der Waals surface area contributed by atoms with Gasteiger partial charge in [0.15, 0.2) is 17.3 Å². The van der Waals surface area contributed by atoms with Crippen LogP contribution in [0.25, 0.3) is 0 Å². The topological polar surface area (TPSA) is 55.8 Å². The van der Waals surface area contributed by atoms with Crippen LogP contribution < -0.4 is 9.47 Å². The van der Waals surface area contributed by atoms with Crippen molar-refractivity contribution in [3.63, 3.8) is 0 Å². The molecule has 0 aliphatic rings. The molecule has 1 aromatic rings. The van der Waals surface area contributed by atoms with Crippen molar-refractivity contribution >= 4 is 5.97 Å². The molecule has 0 radical (unpaired) electrons. The fourth-order valence-electron chi connectivity index (χ4n) is 1.34. The third-order valence-corrected chi connectivity index (χ3v) is 2.13. The number of benzene rings is 1. The van der Waals surface area contributed by atoms with Gasteiger partial charge in [-0.25, -0.2) is 13.6 Å². The Labute approximate surface area is 90.4 Å². The molecule has 0 saturated carbocycles. The van der Waals surface area contributed by atoms with Crippen molar-refractivity contribution in [3.05, 3.63) is 22.8 Å². The van der Waals surface area contributed by atoms with E-state index in [1.165, 1.54) is 0 Å². The standard InChI is InChI=1S/C10H10F2O4/c1-4-6(11)5(10(13)14)8(15-2)9(16-3)7(4)12/h1-3H3,(H,13,14). The maximum absolute atomic E-state index is 13.5. The molecule has 0 aliphatic carbocycles. The monoisotopic (exact) mass is 232 g/mol. The highest BCUT2D eigenvalue weighted by molar-refractivity contribution is 5.92. The Morgan fingerprint density at radius 3 is 2.00 bits per heavy atom. The normalized spacial score (nSPS) is 10.1. The van der Waals surface area contributed by atoms with Crippen molar-refractivity contribution in [1.82, 2.24) is 0 Å². The minimum Gasteiger partial charge on any atom is -0.492 e. The van der Waals surface area contributed by atoms with Crippen molar-refractivity contribution < 1.29 is 28.2 Å². The predicted molar refractivity (Wildman–Crippen MR) is 51.2 cm³/mol. The summed E-state index contributed by atoms with van der Waals surface area (Å²) in [5.41, 5.74) is -1.16. The lowest BCUT2D eigenvalue weighted by Crippen LogP contribution is -2.09. The first-order valence-electron chi connectivity index (χ1n) is 4.28. The van der Waals surface area contributed by atoms with E-state index in [9.17, 15) is 13.6 Å². The number of carboxylic acid groups (broad SMARTS) is 1. The van der Waals surface area contributed by atoms with Gasteiger partial charge in [0.25, 0.3) is 0 Å². The van der Waals surface area contributed by atoms with Gasteiger partial charge in [-0.2, -0.15) is 0 Å². The van der Waals surface area contributed by atoms with Crippen LogP contribution in [-0.4, -0.2) is 25.3 Å². The Balaban J connectivity index is 3.72. The maximum atomic E-state index is 13.5. The van der Waals surface area contributed by atoms with Crippen molar-refractivity contribution in [2.75, 3.05) is 14.2 Å². The number of carbonyl (C=O) groups is 1. The van der Waals surface area contributed by atoms with E-state index >= 15 is 0 Å². The molecule has 1 aromatic carbocycles. The molecule has 0 heterocycles. The van der Waals surface area contributed by atoms with Crippen molar-refractivity contribution in [3.8, 4) is 11.5 Å². The first-order chi connectivity index (χ1) is 7.45. The molecule has 1 N–H and O–H groups in total. The van der Waals surface area contributed by atoms with E-state index in [1.54, 1.807) is 0 Å². The summed E-state index contributed by atoms with van der Waals surface area (Å²) in [5, 5.41) is 8.81. The Hall–Kier alpha value is -1.85. The second-order valence-electron chi connectivity index (χ2n) is 3.00. The zero-order valence-electron chi connectivity index (χ0n) is 8.93. The fraction of sp³-hybridized carbons (Fsp3) is 0.300. The lowest BCUT2D eigenvalue weighted by molar-refractivity contribution is 0.0686. The summed E-state index contributed by atoms with van der Waals surface area (Å²) in [6, 6.07) is 0. The molecule has 88 valence electrons. The van der Waals surface area contributed by atoms with Crippen LogP contribution >= 0.6 is 0 Å². The molecule has 0 bridgehead atoms. The van der Waals surface area contributed by atoms with Crippen LogP contribution in [-0.2, 0) is 0 Å². The number of ether oxygens (including phenoxy) is 2.